The summed E-state index contributed by atoms with van der Waals surface area (Å²) >= 11 is 0. The number of urea groups is 1. The molecule has 7 heteroatoms. The molecule has 0 radical (unpaired) electrons. The van der Waals surface area contributed by atoms with E-state index in [1.165, 1.54) is 6.92 Å². The molecule has 0 aliphatic carbocycles. The molecule has 2 atom stereocenters. The third-order valence-electron chi connectivity index (χ3n) is 2.29. The van der Waals surface area contributed by atoms with E-state index >= 15 is 0 Å². The Hall–Kier alpha value is -1.79. The number of hydrogen-bond acceptors (Lipinski definition) is 3. The number of primary amides is 1. The molecule has 0 fully saturated rings. The average Bonchev–Trinajstić information content (AvgIpc) is 2.15. The lowest BCUT2D eigenvalue weighted by Crippen LogP contribution is -2.51. The zero-order valence-corrected chi connectivity index (χ0v) is 10.2. The maximum absolute atomic E-state index is 11.4. The molecule has 0 rings (SSSR count). The van der Waals surface area contributed by atoms with Gasteiger partial charge in [0.2, 0.25) is 5.91 Å². The molecule has 0 aromatic carbocycles. The van der Waals surface area contributed by atoms with Crippen LogP contribution in [0, 0.1) is 5.92 Å². The van der Waals surface area contributed by atoms with Crippen molar-refractivity contribution in [3.05, 3.63) is 0 Å². The molecule has 0 aliphatic rings. The van der Waals surface area contributed by atoms with Crippen molar-refractivity contribution in [1.82, 2.24) is 10.6 Å². The Morgan fingerprint density at radius 2 is 1.71 bits per heavy atom. The molecule has 0 spiro atoms. The van der Waals surface area contributed by atoms with Gasteiger partial charge in [0.25, 0.3) is 0 Å². The van der Waals surface area contributed by atoms with Gasteiger partial charge in [-0.15, -0.1) is 0 Å². The lowest BCUT2D eigenvalue weighted by Gasteiger charge is -2.21. The van der Waals surface area contributed by atoms with Crippen molar-refractivity contribution in [3.63, 3.8) is 0 Å². The fourth-order valence-corrected chi connectivity index (χ4v) is 1.12. The zero-order valence-electron chi connectivity index (χ0n) is 10.2. The maximum atomic E-state index is 11.4. The number of nitrogens with two attached hydrogens (primary N) is 1. The van der Waals surface area contributed by atoms with Gasteiger partial charge in [-0.1, -0.05) is 13.8 Å². The summed E-state index contributed by atoms with van der Waals surface area (Å²) in [6.07, 6.45) is -0.171. The van der Waals surface area contributed by atoms with E-state index in [0.717, 1.165) is 0 Å². The fourth-order valence-electron chi connectivity index (χ4n) is 1.12. The van der Waals surface area contributed by atoms with E-state index in [4.69, 9.17) is 10.8 Å². The first-order valence-corrected chi connectivity index (χ1v) is 5.32. The summed E-state index contributed by atoms with van der Waals surface area (Å²) in [7, 11) is 0. The van der Waals surface area contributed by atoms with Gasteiger partial charge >= 0.3 is 12.0 Å². The quantitative estimate of drug-likeness (QED) is 0.511. The number of amides is 3. The summed E-state index contributed by atoms with van der Waals surface area (Å²) in [6, 6.07) is -1.89. The minimum atomic E-state index is -0.994. The Morgan fingerprint density at radius 1 is 1.18 bits per heavy atom. The van der Waals surface area contributed by atoms with Gasteiger partial charge in [0.05, 0.1) is 6.42 Å². The molecule has 17 heavy (non-hydrogen) atoms. The summed E-state index contributed by atoms with van der Waals surface area (Å²) in [5.74, 6) is -1.67. The highest BCUT2D eigenvalue weighted by molar-refractivity contribution is 5.85. The van der Waals surface area contributed by atoms with Crippen molar-refractivity contribution in [2.75, 3.05) is 0 Å². The van der Waals surface area contributed by atoms with Gasteiger partial charge in [-0.2, -0.15) is 0 Å². The van der Waals surface area contributed by atoms with Crippen molar-refractivity contribution in [2.45, 2.75) is 39.3 Å². The third-order valence-corrected chi connectivity index (χ3v) is 2.29. The minimum absolute atomic E-state index is 0.0271. The predicted molar refractivity (Wildman–Crippen MR) is 61.2 cm³/mol. The molecule has 2 unspecified atom stereocenters. The number of rotatable bonds is 6. The number of aliphatic carboxylic acids is 1. The van der Waals surface area contributed by atoms with Crippen LogP contribution in [0.4, 0.5) is 4.79 Å². The molecular formula is C10H19N3O4. The lowest BCUT2D eigenvalue weighted by molar-refractivity contribution is -0.137. The van der Waals surface area contributed by atoms with E-state index in [2.05, 4.69) is 10.6 Å². The smallest absolute Gasteiger partial charge is 0.315 e. The molecule has 0 saturated carbocycles. The first-order valence-electron chi connectivity index (χ1n) is 5.32. The number of carboxylic acid groups (broad SMARTS) is 1. The zero-order chi connectivity index (χ0) is 13.6. The van der Waals surface area contributed by atoms with E-state index in [1.807, 2.05) is 0 Å². The van der Waals surface area contributed by atoms with Gasteiger partial charge in [0.1, 0.15) is 6.04 Å². The van der Waals surface area contributed by atoms with Gasteiger partial charge in [-0.25, -0.2) is 4.79 Å². The third kappa shape index (κ3) is 6.39. The van der Waals surface area contributed by atoms with Crippen LogP contribution >= 0.6 is 0 Å². The van der Waals surface area contributed by atoms with Crippen molar-refractivity contribution in [1.29, 1.82) is 0 Å². The first kappa shape index (κ1) is 15.2. The molecule has 98 valence electrons. The van der Waals surface area contributed by atoms with Crippen LogP contribution in [-0.2, 0) is 9.59 Å². The van der Waals surface area contributed by atoms with Gasteiger partial charge in [0, 0.05) is 6.04 Å². The molecule has 3 amide bonds. The largest absolute Gasteiger partial charge is 0.481 e. The Balaban J connectivity index is 4.31. The standard InChI is InChI=1S/C10H19N3O4/c1-5(2)7(4-8(14)15)13-10(17)12-6(3)9(11)16/h5-7H,4H2,1-3H3,(H2,11,16)(H,14,15)(H2,12,13,17). The monoisotopic (exact) mass is 245 g/mol. The first-order chi connectivity index (χ1) is 7.73. The predicted octanol–water partition coefficient (Wildman–Crippen LogP) is -0.341. The number of carbonyl (C=O) groups is 3. The van der Waals surface area contributed by atoms with E-state index < -0.39 is 30.0 Å². The SMILES string of the molecule is CC(NC(=O)NC(CC(=O)O)C(C)C)C(N)=O. The Morgan fingerprint density at radius 3 is 2.06 bits per heavy atom. The van der Waals surface area contributed by atoms with E-state index in [-0.39, 0.29) is 12.3 Å². The highest BCUT2D eigenvalue weighted by Gasteiger charge is 2.20. The van der Waals surface area contributed by atoms with E-state index in [9.17, 15) is 14.4 Å². The van der Waals surface area contributed by atoms with Crippen LogP contribution < -0.4 is 16.4 Å². The number of carbonyl (C=O) groups excluding carboxylic acids is 2. The Kier molecular flexibility index (Phi) is 6.01. The minimum Gasteiger partial charge on any atom is -0.481 e. The number of carboxylic acids is 1. The second kappa shape index (κ2) is 6.72. The van der Waals surface area contributed by atoms with E-state index in [1.54, 1.807) is 13.8 Å². The Labute approximate surface area is 99.7 Å². The Bertz CT molecular complexity index is 304. The topological polar surface area (TPSA) is 122 Å². The van der Waals surface area contributed by atoms with Crippen LogP contribution in [0.15, 0.2) is 0 Å². The van der Waals surface area contributed by atoms with Crippen LogP contribution in [0.5, 0.6) is 0 Å². The van der Waals surface area contributed by atoms with Crippen LogP contribution in [0.25, 0.3) is 0 Å². The van der Waals surface area contributed by atoms with Crippen molar-refractivity contribution in [2.24, 2.45) is 11.7 Å². The lowest BCUT2D eigenvalue weighted by atomic mass is 10.0. The summed E-state index contributed by atoms with van der Waals surface area (Å²) in [6.45, 7) is 5.04. The van der Waals surface area contributed by atoms with Crippen LogP contribution in [0.3, 0.4) is 0 Å². The second-order valence-electron chi connectivity index (χ2n) is 4.19. The van der Waals surface area contributed by atoms with Crippen LogP contribution in [-0.4, -0.2) is 35.1 Å². The molecule has 0 bridgehead atoms. The summed E-state index contributed by atoms with van der Waals surface area (Å²) in [4.78, 5) is 32.7. The van der Waals surface area contributed by atoms with Crippen LogP contribution in [0.1, 0.15) is 27.2 Å². The highest BCUT2D eigenvalue weighted by Crippen LogP contribution is 2.05. The summed E-state index contributed by atoms with van der Waals surface area (Å²) < 4.78 is 0. The number of nitrogens with one attached hydrogen (secondary N) is 2. The van der Waals surface area contributed by atoms with E-state index in [0.29, 0.717) is 0 Å². The van der Waals surface area contributed by atoms with Gasteiger partial charge in [-0.05, 0) is 12.8 Å². The molecule has 0 aromatic rings. The number of hydrogen-bond donors (Lipinski definition) is 4. The molecule has 0 heterocycles. The summed E-state index contributed by atoms with van der Waals surface area (Å²) in [5, 5.41) is 13.5. The molecule has 0 aromatic heterocycles. The fraction of sp³-hybridized carbons (Fsp3) is 0.700. The van der Waals surface area contributed by atoms with Crippen LogP contribution in [0.2, 0.25) is 0 Å². The molecule has 0 saturated heterocycles. The normalized spacial score (nSPS) is 13.9. The van der Waals surface area contributed by atoms with Gasteiger partial charge in [-0.3, -0.25) is 9.59 Å². The average molecular weight is 245 g/mol. The van der Waals surface area contributed by atoms with Crippen molar-refractivity contribution >= 4 is 17.9 Å². The van der Waals surface area contributed by atoms with Crippen molar-refractivity contribution < 1.29 is 19.5 Å². The maximum Gasteiger partial charge on any atom is 0.315 e. The molecule has 7 nitrogen and oxygen atoms in total. The van der Waals surface area contributed by atoms with Gasteiger partial charge in [0.15, 0.2) is 0 Å². The molecule has 0 aliphatic heterocycles. The van der Waals surface area contributed by atoms with Crippen molar-refractivity contribution in [3.8, 4) is 0 Å². The molecular weight excluding hydrogens is 226 g/mol. The van der Waals surface area contributed by atoms with Gasteiger partial charge < -0.3 is 21.5 Å². The summed E-state index contributed by atoms with van der Waals surface area (Å²) in [5.41, 5.74) is 4.98. The molecule has 5 N–H and O–H groups in total. The second-order valence-corrected chi connectivity index (χ2v) is 4.19. The highest BCUT2D eigenvalue weighted by atomic mass is 16.4.